The molecule has 0 radical (unpaired) electrons. The van der Waals surface area contributed by atoms with E-state index in [4.69, 9.17) is 10.2 Å². The number of aliphatic hydroxyl groups is 4. The van der Waals surface area contributed by atoms with Crippen LogP contribution in [-0.2, 0) is 6.61 Å². The number of thioether (sulfide) groups is 1. The van der Waals surface area contributed by atoms with Crippen molar-refractivity contribution in [3.8, 4) is 0 Å². The Labute approximate surface area is 118 Å². The van der Waals surface area contributed by atoms with E-state index in [0.717, 1.165) is 11.1 Å². The molecule has 0 saturated carbocycles. The molecule has 3 atom stereocenters. The maximum absolute atomic E-state index is 10.2. The number of benzene rings is 1. The molecular formula is C14H22O4S. The third kappa shape index (κ3) is 5.12. The molecule has 0 aromatic heterocycles. The monoisotopic (exact) mass is 286 g/mol. The van der Waals surface area contributed by atoms with Crippen molar-refractivity contribution in [1.82, 2.24) is 0 Å². The lowest BCUT2D eigenvalue weighted by Crippen LogP contribution is -2.26. The molecule has 0 fully saturated rings. The Morgan fingerprint density at radius 1 is 1.11 bits per heavy atom. The summed E-state index contributed by atoms with van der Waals surface area (Å²) in [6.45, 7) is 1.87. The highest BCUT2D eigenvalue weighted by Gasteiger charge is 2.23. The number of aliphatic hydroxyl groups excluding tert-OH is 4. The fourth-order valence-corrected chi connectivity index (χ4v) is 2.60. The molecule has 0 aliphatic heterocycles. The largest absolute Gasteiger partial charge is 0.396 e. The standard InChI is InChI=1S/C14H22O4S/c1-10(13(17)9-19-7-6-15)14(18)12-4-2-11(8-16)3-5-12/h2-5,10,13-18H,6-9H2,1H3/t10-,13+,14+/m1/s1. The Morgan fingerprint density at radius 2 is 1.74 bits per heavy atom. The molecule has 5 heteroatoms. The van der Waals surface area contributed by atoms with E-state index in [0.29, 0.717) is 11.5 Å². The van der Waals surface area contributed by atoms with Crippen molar-refractivity contribution in [2.24, 2.45) is 5.92 Å². The molecule has 1 aromatic carbocycles. The maximum Gasteiger partial charge on any atom is 0.0840 e. The highest BCUT2D eigenvalue weighted by molar-refractivity contribution is 7.99. The third-order valence-corrected chi connectivity index (χ3v) is 4.18. The van der Waals surface area contributed by atoms with Gasteiger partial charge in [-0.3, -0.25) is 0 Å². The normalized spacial score (nSPS) is 16.1. The van der Waals surface area contributed by atoms with Gasteiger partial charge in [0, 0.05) is 17.4 Å². The predicted molar refractivity (Wildman–Crippen MR) is 76.9 cm³/mol. The van der Waals surface area contributed by atoms with Crippen molar-refractivity contribution in [3.63, 3.8) is 0 Å². The summed E-state index contributed by atoms with van der Waals surface area (Å²) < 4.78 is 0. The van der Waals surface area contributed by atoms with E-state index >= 15 is 0 Å². The van der Waals surface area contributed by atoms with Gasteiger partial charge in [0.05, 0.1) is 25.4 Å². The molecule has 0 spiro atoms. The lowest BCUT2D eigenvalue weighted by atomic mass is 9.93. The number of hydrogen-bond acceptors (Lipinski definition) is 5. The summed E-state index contributed by atoms with van der Waals surface area (Å²) in [5.41, 5.74) is 1.53. The van der Waals surface area contributed by atoms with Crippen LogP contribution in [0.25, 0.3) is 0 Å². The van der Waals surface area contributed by atoms with Crippen LogP contribution in [0.15, 0.2) is 24.3 Å². The number of rotatable bonds is 8. The minimum absolute atomic E-state index is 0.0215. The quantitative estimate of drug-likeness (QED) is 0.535. The summed E-state index contributed by atoms with van der Waals surface area (Å²) in [4.78, 5) is 0. The molecule has 0 aliphatic carbocycles. The van der Waals surface area contributed by atoms with E-state index in [1.807, 2.05) is 0 Å². The molecule has 1 rings (SSSR count). The summed E-state index contributed by atoms with van der Waals surface area (Å²) in [6, 6.07) is 7.05. The zero-order chi connectivity index (χ0) is 14.3. The first-order valence-corrected chi connectivity index (χ1v) is 7.50. The van der Waals surface area contributed by atoms with Crippen LogP contribution >= 0.6 is 11.8 Å². The molecule has 4 nitrogen and oxygen atoms in total. The fraction of sp³-hybridized carbons (Fsp3) is 0.571. The highest BCUT2D eigenvalue weighted by Crippen LogP contribution is 2.26. The Kier molecular flexibility index (Phi) is 7.41. The molecule has 0 amide bonds. The summed E-state index contributed by atoms with van der Waals surface area (Å²) in [7, 11) is 0. The van der Waals surface area contributed by atoms with Crippen molar-refractivity contribution in [1.29, 1.82) is 0 Å². The third-order valence-electron chi connectivity index (χ3n) is 3.13. The van der Waals surface area contributed by atoms with E-state index in [-0.39, 0.29) is 19.1 Å². The van der Waals surface area contributed by atoms with Crippen LogP contribution in [0.1, 0.15) is 24.2 Å². The second kappa shape index (κ2) is 8.55. The second-order valence-corrected chi connectivity index (χ2v) is 5.72. The van der Waals surface area contributed by atoms with Gasteiger partial charge in [0.25, 0.3) is 0 Å². The van der Waals surface area contributed by atoms with Crippen LogP contribution in [-0.4, -0.2) is 44.6 Å². The average Bonchev–Trinajstić information content (AvgIpc) is 2.46. The lowest BCUT2D eigenvalue weighted by Gasteiger charge is -2.24. The zero-order valence-corrected chi connectivity index (χ0v) is 11.9. The van der Waals surface area contributed by atoms with Gasteiger partial charge < -0.3 is 20.4 Å². The molecule has 0 aliphatic rings. The summed E-state index contributed by atoms with van der Waals surface area (Å²) in [6.07, 6.45) is -1.36. The van der Waals surface area contributed by atoms with E-state index in [2.05, 4.69) is 0 Å². The van der Waals surface area contributed by atoms with E-state index in [9.17, 15) is 10.2 Å². The van der Waals surface area contributed by atoms with Gasteiger partial charge in [-0.2, -0.15) is 11.8 Å². The SMILES string of the molecule is C[C@@H]([C@H](O)c1ccc(CO)cc1)[C@@H](O)CSCCO. The second-order valence-electron chi connectivity index (χ2n) is 4.57. The zero-order valence-electron chi connectivity index (χ0n) is 11.1. The van der Waals surface area contributed by atoms with Gasteiger partial charge in [-0.05, 0) is 11.1 Å². The van der Waals surface area contributed by atoms with Crippen LogP contribution in [0.5, 0.6) is 0 Å². The molecule has 0 saturated heterocycles. The highest BCUT2D eigenvalue weighted by atomic mass is 32.2. The molecule has 1 aromatic rings. The Balaban J connectivity index is 2.56. The van der Waals surface area contributed by atoms with Crippen LogP contribution in [0.2, 0.25) is 0 Å². The average molecular weight is 286 g/mol. The molecule has 0 bridgehead atoms. The predicted octanol–water partition coefficient (Wildman–Crippen LogP) is 0.935. The van der Waals surface area contributed by atoms with Gasteiger partial charge in [0.1, 0.15) is 0 Å². The molecule has 4 N–H and O–H groups in total. The van der Waals surface area contributed by atoms with E-state index in [1.54, 1.807) is 31.2 Å². The minimum Gasteiger partial charge on any atom is -0.396 e. The minimum atomic E-state index is -0.738. The fourth-order valence-electron chi connectivity index (χ4n) is 1.75. The van der Waals surface area contributed by atoms with Gasteiger partial charge in [0.2, 0.25) is 0 Å². The van der Waals surface area contributed by atoms with Crippen molar-refractivity contribution in [2.45, 2.75) is 25.7 Å². The van der Waals surface area contributed by atoms with Gasteiger partial charge in [-0.25, -0.2) is 0 Å². The van der Waals surface area contributed by atoms with Crippen LogP contribution in [0.4, 0.5) is 0 Å². The molecular weight excluding hydrogens is 264 g/mol. The molecule has 19 heavy (non-hydrogen) atoms. The Hall–Kier alpha value is -0.590. The van der Waals surface area contributed by atoms with E-state index < -0.39 is 12.2 Å². The number of hydrogen-bond donors (Lipinski definition) is 4. The van der Waals surface area contributed by atoms with Crippen molar-refractivity contribution in [3.05, 3.63) is 35.4 Å². The Morgan fingerprint density at radius 3 is 2.26 bits per heavy atom. The smallest absolute Gasteiger partial charge is 0.0840 e. The Bertz CT molecular complexity index is 355. The summed E-state index contributed by atoms with van der Waals surface area (Å²) >= 11 is 1.46. The first kappa shape index (κ1) is 16.5. The summed E-state index contributed by atoms with van der Waals surface area (Å²) in [5, 5.41) is 37.8. The van der Waals surface area contributed by atoms with Gasteiger partial charge in [0.15, 0.2) is 0 Å². The van der Waals surface area contributed by atoms with Crippen molar-refractivity contribution < 1.29 is 20.4 Å². The van der Waals surface area contributed by atoms with Gasteiger partial charge >= 0.3 is 0 Å². The molecule has 0 heterocycles. The topological polar surface area (TPSA) is 80.9 Å². The first-order chi connectivity index (χ1) is 9.10. The van der Waals surface area contributed by atoms with Crippen LogP contribution in [0.3, 0.4) is 0 Å². The molecule has 0 unspecified atom stereocenters. The van der Waals surface area contributed by atoms with Crippen molar-refractivity contribution >= 4 is 11.8 Å². The first-order valence-electron chi connectivity index (χ1n) is 6.34. The van der Waals surface area contributed by atoms with Crippen LogP contribution in [0, 0.1) is 5.92 Å². The van der Waals surface area contributed by atoms with Gasteiger partial charge in [-0.15, -0.1) is 0 Å². The van der Waals surface area contributed by atoms with E-state index in [1.165, 1.54) is 11.8 Å². The summed E-state index contributed by atoms with van der Waals surface area (Å²) in [5.74, 6) is 0.796. The maximum atomic E-state index is 10.2. The lowest BCUT2D eigenvalue weighted by molar-refractivity contribution is 0.0330. The van der Waals surface area contributed by atoms with Crippen LogP contribution < -0.4 is 0 Å². The van der Waals surface area contributed by atoms with Crippen molar-refractivity contribution in [2.75, 3.05) is 18.1 Å². The van der Waals surface area contributed by atoms with Gasteiger partial charge in [-0.1, -0.05) is 31.2 Å². The molecule has 108 valence electrons.